The fraction of sp³-hybridized carbons (Fsp3) is 0.460. The van der Waals surface area contributed by atoms with Crippen molar-refractivity contribution in [3.63, 3.8) is 0 Å². The summed E-state index contributed by atoms with van der Waals surface area (Å²) in [6, 6.07) is 26.5. The van der Waals surface area contributed by atoms with E-state index in [0.717, 1.165) is 83.4 Å². The number of piperidine rings is 3. The Morgan fingerprint density at radius 1 is 0.423 bits per heavy atom. The molecule has 18 rings (SSSR count). The minimum atomic E-state index is -0.912. The number of hydrogen-bond acceptors (Lipinski definition) is 31. The zero-order chi connectivity index (χ0) is 102. The van der Waals surface area contributed by atoms with Gasteiger partial charge in [0.05, 0.1) is 150 Å². The van der Waals surface area contributed by atoms with E-state index in [2.05, 4.69) is 83.1 Å². The predicted molar refractivity (Wildman–Crippen MR) is 544 cm³/mol. The van der Waals surface area contributed by atoms with Crippen molar-refractivity contribution in [2.75, 3.05) is 116 Å². The molecule has 760 valence electrons. The Hall–Kier alpha value is -13.0. The maximum absolute atomic E-state index is 15.0. The van der Waals surface area contributed by atoms with E-state index in [9.17, 15) is 32.4 Å². The van der Waals surface area contributed by atoms with Crippen LogP contribution < -0.4 is 73.7 Å². The number of methoxy groups -OCH3 is 9. The molecular formula is C100H127BrF4N24O12S. The van der Waals surface area contributed by atoms with Crippen LogP contribution in [0.25, 0.3) is 49.7 Å². The lowest BCUT2D eigenvalue weighted by molar-refractivity contribution is 0.0253. The van der Waals surface area contributed by atoms with E-state index < -0.39 is 34.3 Å². The predicted octanol–water partition coefficient (Wildman–Crippen LogP) is 17.8. The number of aromatic nitrogens is 18. The fourth-order valence-corrected chi connectivity index (χ4v) is 17.5. The van der Waals surface area contributed by atoms with Crippen molar-refractivity contribution in [1.29, 1.82) is 0 Å². The molecule has 0 amide bonds. The van der Waals surface area contributed by atoms with Crippen molar-refractivity contribution < 1.29 is 75.0 Å². The molecule has 142 heavy (non-hydrogen) atoms. The van der Waals surface area contributed by atoms with Crippen LogP contribution in [0.5, 0.6) is 51.7 Å². The number of halogens is 5. The molecule has 0 aliphatic carbocycles. The van der Waals surface area contributed by atoms with Gasteiger partial charge in [-0.1, -0.05) is 0 Å². The molecule has 9 aromatic heterocycles. The molecule has 9 unspecified atom stereocenters. The summed E-state index contributed by atoms with van der Waals surface area (Å²) < 4.78 is 114. The number of benzene rings is 6. The Morgan fingerprint density at radius 3 is 1.02 bits per heavy atom. The maximum Gasteiger partial charge on any atom is 0.226 e. The second-order valence-electron chi connectivity index (χ2n) is 37.3. The van der Waals surface area contributed by atoms with Gasteiger partial charge in [-0.25, -0.2) is 43.1 Å². The Labute approximate surface area is 834 Å². The zero-order valence-corrected chi connectivity index (χ0v) is 86.5. The molecule has 0 bridgehead atoms. The van der Waals surface area contributed by atoms with Crippen LogP contribution in [0.15, 0.2) is 133 Å². The first-order valence-corrected chi connectivity index (χ1v) is 48.8. The van der Waals surface area contributed by atoms with E-state index in [-0.39, 0.29) is 77.4 Å². The van der Waals surface area contributed by atoms with Crippen LogP contribution in [0.4, 0.5) is 46.3 Å². The number of anilines is 5. The van der Waals surface area contributed by atoms with Crippen LogP contribution in [-0.2, 0) is 19.6 Å². The first-order valence-electron chi connectivity index (χ1n) is 46.9. The number of hydrogen-bond donors (Lipinski definition) is 7. The normalized spacial score (nSPS) is 17.4. The zero-order valence-electron chi connectivity index (χ0n) is 84.1. The molecule has 15 aromatic rings. The molecular weight excluding hydrogens is 1920 g/mol. The van der Waals surface area contributed by atoms with Gasteiger partial charge in [-0.2, -0.15) is 32.7 Å². The molecule has 6 aromatic carbocycles. The van der Waals surface area contributed by atoms with E-state index in [4.69, 9.17) is 87.8 Å². The Kier molecular flexibility index (Phi) is 33.3. The topological polar surface area (TPSA) is 381 Å². The monoisotopic (exact) mass is 2040 g/mol. The summed E-state index contributed by atoms with van der Waals surface area (Å²) in [6.07, 6.45) is 18.3. The number of ether oxygens (including phenoxy) is 9. The lowest BCUT2D eigenvalue weighted by Crippen LogP contribution is -2.41. The molecule has 3 aliphatic rings. The smallest absolute Gasteiger partial charge is 0.226 e. The van der Waals surface area contributed by atoms with Gasteiger partial charge in [-0.15, -0.1) is 15.3 Å². The highest BCUT2D eigenvalue weighted by atomic mass is 79.9. The van der Waals surface area contributed by atoms with Crippen molar-refractivity contribution in [3.05, 3.63) is 184 Å². The van der Waals surface area contributed by atoms with E-state index >= 15 is 0 Å². The second-order valence-corrected chi connectivity index (χ2v) is 38.5. The Balaban J connectivity index is 0.000000158. The first-order chi connectivity index (χ1) is 67.8. The van der Waals surface area contributed by atoms with Crippen molar-refractivity contribution in [2.24, 2.45) is 0 Å². The Bertz CT molecular complexity index is 6610. The van der Waals surface area contributed by atoms with Crippen molar-refractivity contribution in [1.82, 2.24) is 93.4 Å². The number of nitrogens with zero attached hydrogens (tertiary/aromatic N) is 20. The van der Waals surface area contributed by atoms with Crippen LogP contribution in [0.1, 0.15) is 192 Å². The highest BCUT2D eigenvalue weighted by Gasteiger charge is 2.37. The average molecular weight is 2050 g/mol. The largest absolute Gasteiger partial charge is 0.497 e. The highest BCUT2D eigenvalue weighted by Crippen LogP contribution is 2.41. The quantitative estimate of drug-likeness (QED) is 0.0214. The van der Waals surface area contributed by atoms with E-state index in [1.807, 2.05) is 116 Å². The minimum Gasteiger partial charge on any atom is -0.497 e. The molecule has 36 nitrogen and oxygen atoms in total. The third-order valence-electron chi connectivity index (χ3n) is 26.7. The Morgan fingerprint density at radius 2 is 0.732 bits per heavy atom. The molecule has 3 fully saturated rings. The van der Waals surface area contributed by atoms with Gasteiger partial charge in [-0.05, 0) is 192 Å². The van der Waals surface area contributed by atoms with E-state index in [0.29, 0.717) is 152 Å². The van der Waals surface area contributed by atoms with Gasteiger partial charge in [0, 0.05) is 181 Å². The summed E-state index contributed by atoms with van der Waals surface area (Å²) in [6.45, 7) is 26.4. The highest BCUT2D eigenvalue weighted by molar-refractivity contribution is 9.10. The maximum atomic E-state index is 15.0. The molecule has 3 aliphatic heterocycles. The van der Waals surface area contributed by atoms with Gasteiger partial charge in [-0.3, -0.25) is 14.0 Å². The molecule has 0 saturated carbocycles. The minimum absolute atomic E-state index is 0.0128. The summed E-state index contributed by atoms with van der Waals surface area (Å²) in [5.74, 6) is 6.64. The molecule has 3 saturated heterocycles. The SMILES string of the molecule is CC(n1cc(Br)cn1)C(C)(C)O.COc1ccc(CNc2nc3cc(OC)c(F)cc3c3nc(C4CCC(C)N(c5cnn(C(C)C(C)(C)O)c5)C4)nn23)c(OC)c1.COc1ccc(CNc2nc3cc(OC)c(F)cc3c3nc(C4CCC(C)N(c5cnn(C(C)C(C)(C)O)c5)C4)nn23)c(OC)c1.COc1ccc(CNc2nc3cc(OC)c(F)cc3c3nc(C4CCC(C)NC4)nn23)c(OC)c1.CSF. The number of nitrogens with one attached hydrogen (secondary N) is 4. The summed E-state index contributed by atoms with van der Waals surface area (Å²) >= 11 is 3.55. The summed E-state index contributed by atoms with van der Waals surface area (Å²) in [4.78, 5) is 33.9. The standard InChI is InChI=1S/2C33H41FN8O4.C25H29FN6O3.C8H13BrN2O.CH3FS/c2*1-19-8-9-22(17-40(19)23-16-36-41(18-23)20(2)33(3,4)43)30-38-31-25-13-26(34)29(46-7)14-27(25)37-32(42(31)39-30)35-15-21-10-11-24(44-5)12-28(21)45-6;1-14-5-6-16(13-27-14)23-30-24-18-10-19(26)22(35-4)11-20(18)29-25(32(24)31-23)28-12-15-7-8-17(33-2)9-21(15)34-3;1-6(8(2,3)12)11-5-7(9)4-10-11;1-3-2/h2*10-14,16,18-20,22,43H,8-9,15,17H2,1-7H3,(H,35,37);7-11,14,16,27H,5-6,12-13H2,1-4H3,(H,28,29);4-6,12H,1-3H3;1H3. The van der Waals surface area contributed by atoms with Gasteiger partial charge in [0.25, 0.3) is 0 Å². The van der Waals surface area contributed by atoms with Gasteiger partial charge in [0.2, 0.25) is 17.8 Å². The lowest BCUT2D eigenvalue weighted by Gasteiger charge is -2.38. The number of fused-ring (bicyclic) bond motifs is 9. The molecule has 0 radical (unpaired) electrons. The van der Waals surface area contributed by atoms with Crippen molar-refractivity contribution >= 4 is 107 Å². The fourth-order valence-electron chi connectivity index (χ4n) is 17.2. The van der Waals surface area contributed by atoms with Gasteiger partial charge in [0.15, 0.2) is 69.1 Å². The van der Waals surface area contributed by atoms with Crippen LogP contribution in [0.3, 0.4) is 0 Å². The first kappa shape index (κ1) is 105. The van der Waals surface area contributed by atoms with Crippen LogP contribution in [0, 0.1) is 17.5 Å². The van der Waals surface area contributed by atoms with Gasteiger partial charge >= 0.3 is 0 Å². The molecule has 42 heteroatoms. The third kappa shape index (κ3) is 23.6. The molecule has 9 atom stereocenters. The van der Waals surface area contributed by atoms with E-state index in [1.54, 1.807) is 127 Å². The molecule has 0 spiro atoms. The van der Waals surface area contributed by atoms with Crippen LogP contribution in [-0.4, -0.2) is 228 Å². The van der Waals surface area contributed by atoms with Crippen LogP contribution in [0.2, 0.25) is 0 Å². The second kappa shape index (κ2) is 45.1. The summed E-state index contributed by atoms with van der Waals surface area (Å²) in [7, 11) is 14.0. The van der Waals surface area contributed by atoms with E-state index in [1.165, 1.54) is 45.8 Å². The van der Waals surface area contributed by atoms with Crippen LogP contribution >= 0.6 is 28.1 Å². The third-order valence-corrected chi connectivity index (χ3v) is 27.1. The van der Waals surface area contributed by atoms with Crippen molar-refractivity contribution in [2.45, 2.75) is 212 Å². The summed E-state index contributed by atoms with van der Waals surface area (Å²) in [5, 5.41) is 73.9. The average Bonchev–Trinajstić information content (AvgIpc) is 1.58. The lowest BCUT2D eigenvalue weighted by atomic mass is 9.92. The number of aliphatic hydroxyl groups is 3. The molecule has 12 heterocycles. The van der Waals surface area contributed by atoms with Gasteiger partial charge in [0.1, 0.15) is 34.5 Å². The van der Waals surface area contributed by atoms with Gasteiger partial charge < -0.3 is 89.0 Å². The summed E-state index contributed by atoms with van der Waals surface area (Å²) in [5.41, 5.74) is 5.28. The molecule has 7 N–H and O–H groups in total. The van der Waals surface area contributed by atoms with Crippen molar-refractivity contribution in [3.8, 4) is 51.7 Å². The number of rotatable bonds is 29.